The van der Waals surface area contributed by atoms with Gasteiger partial charge in [0.1, 0.15) is 0 Å². The highest BCUT2D eigenvalue weighted by atomic mass is 35.5. The molecule has 8 aromatic rings. The lowest BCUT2D eigenvalue weighted by Gasteiger charge is -2.48. The van der Waals surface area contributed by atoms with Crippen LogP contribution in [0.25, 0.3) is 42.4 Å². The van der Waals surface area contributed by atoms with Crippen molar-refractivity contribution in [1.82, 2.24) is 0 Å². The third kappa shape index (κ3) is 3.67. The SMILES string of the molecule is CC.CC.Clc1ccc2c(c1)-c1c(ccc3c1sc1ccccc13)C21c2ccccc2C2(c3ccccc3-c3ccccc32)c2ccccc21. The average molecular weight is 681 g/mol. The number of thiophene rings is 1. The molecule has 11 rings (SSSR count). The summed E-state index contributed by atoms with van der Waals surface area (Å²) < 4.78 is 2.66. The van der Waals surface area contributed by atoms with E-state index in [1.807, 2.05) is 39.0 Å². The molecule has 2 heteroatoms. The summed E-state index contributed by atoms with van der Waals surface area (Å²) in [5.74, 6) is 0. The predicted molar refractivity (Wildman–Crippen MR) is 215 cm³/mol. The summed E-state index contributed by atoms with van der Waals surface area (Å²) in [4.78, 5) is 0. The van der Waals surface area contributed by atoms with Crippen LogP contribution in [0.15, 0.2) is 152 Å². The van der Waals surface area contributed by atoms with E-state index in [2.05, 4.69) is 152 Å². The molecule has 0 aliphatic heterocycles. The second-order valence-corrected chi connectivity index (χ2v) is 14.3. The van der Waals surface area contributed by atoms with Gasteiger partial charge in [-0.1, -0.05) is 173 Å². The fraction of sp³-hybridized carbons (Fsp3) is 0.125. The Bertz CT molecular complexity index is 2530. The largest absolute Gasteiger partial charge is 0.135 e. The fourth-order valence-electron chi connectivity index (χ4n) is 9.52. The van der Waals surface area contributed by atoms with Gasteiger partial charge in [0.15, 0.2) is 0 Å². The van der Waals surface area contributed by atoms with Crippen LogP contribution in [-0.4, -0.2) is 0 Å². The van der Waals surface area contributed by atoms with Crippen LogP contribution in [0.5, 0.6) is 0 Å². The van der Waals surface area contributed by atoms with Gasteiger partial charge in [-0.3, -0.25) is 0 Å². The second-order valence-electron chi connectivity index (χ2n) is 12.8. The first-order chi connectivity index (χ1) is 24.7. The van der Waals surface area contributed by atoms with E-state index in [0.29, 0.717) is 0 Å². The van der Waals surface area contributed by atoms with Gasteiger partial charge < -0.3 is 0 Å². The van der Waals surface area contributed by atoms with Crippen LogP contribution in [0.4, 0.5) is 0 Å². The maximum Gasteiger partial charge on any atom is 0.0720 e. The summed E-state index contributed by atoms with van der Waals surface area (Å²) in [6.07, 6.45) is 0. The molecule has 0 fully saturated rings. The molecule has 242 valence electrons. The predicted octanol–water partition coefficient (Wildman–Crippen LogP) is 13.8. The van der Waals surface area contributed by atoms with Crippen LogP contribution in [-0.2, 0) is 10.8 Å². The normalized spacial score (nSPS) is 14.4. The zero-order chi connectivity index (χ0) is 34.2. The summed E-state index contributed by atoms with van der Waals surface area (Å²) in [6, 6.07) is 56.9. The summed E-state index contributed by atoms with van der Waals surface area (Å²) >= 11 is 8.77. The Kier molecular flexibility index (Phi) is 7.18. The standard InChI is InChI=1S/C44H25ClS.2C2H6/c45-26-21-23-34-31(25-26)41-39(24-22-30-29-13-3-10-20-40(29)46-42(30)41)44(34)37-18-8-6-16-35(37)43(36-17-7-9-19-38(36)44)32-14-4-1-11-27(32)28-12-2-5-15-33(28)43;2*1-2/h1-25H;2*1-2H3. The van der Waals surface area contributed by atoms with E-state index in [1.165, 1.54) is 86.9 Å². The monoisotopic (exact) mass is 680 g/mol. The average Bonchev–Trinajstić information content (AvgIpc) is 3.81. The van der Waals surface area contributed by atoms with Crippen molar-refractivity contribution in [2.45, 2.75) is 38.5 Å². The highest BCUT2D eigenvalue weighted by Crippen LogP contribution is 2.68. The van der Waals surface area contributed by atoms with Crippen LogP contribution in [0, 0.1) is 0 Å². The maximum absolute atomic E-state index is 6.86. The minimum atomic E-state index is -0.496. The van der Waals surface area contributed by atoms with Crippen molar-refractivity contribution >= 4 is 43.1 Å². The van der Waals surface area contributed by atoms with Gasteiger partial charge in [0.05, 0.1) is 10.8 Å². The number of hydrogen-bond acceptors (Lipinski definition) is 1. The molecule has 0 radical (unpaired) electrons. The number of halogens is 1. The molecule has 0 N–H and O–H groups in total. The van der Waals surface area contributed by atoms with Crippen molar-refractivity contribution in [3.63, 3.8) is 0 Å². The number of rotatable bonds is 0. The third-order valence-corrected chi connectivity index (χ3v) is 12.5. The van der Waals surface area contributed by atoms with E-state index in [9.17, 15) is 0 Å². The Labute approximate surface area is 303 Å². The Morgan fingerprint density at radius 3 is 1.42 bits per heavy atom. The molecule has 0 amide bonds. The van der Waals surface area contributed by atoms with Gasteiger partial charge in [-0.25, -0.2) is 0 Å². The van der Waals surface area contributed by atoms with Crippen LogP contribution in [0.2, 0.25) is 5.02 Å². The Morgan fingerprint density at radius 2 is 0.840 bits per heavy atom. The van der Waals surface area contributed by atoms with Crippen LogP contribution in [0.1, 0.15) is 72.2 Å². The lowest BCUT2D eigenvalue weighted by Crippen LogP contribution is -2.43. The molecule has 1 aromatic heterocycles. The topological polar surface area (TPSA) is 0 Å². The molecule has 50 heavy (non-hydrogen) atoms. The summed E-state index contributed by atoms with van der Waals surface area (Å²) in [6.45, 7) is 8.00. The molecule has 2 spiro atoms. The van der Waals surface area contributed by atoms with Gasteiger partial charge in [0, 0.05) is 30.8 Å². The van der Waals surface area contributed by atoms with Gasteiger partial charge in [-0.05, 0) is 79.4 Å². The summed E-state index contributed by atoms with van der Waals surface area (Å²) in [5, 5.41) is 3.40. The smallest absolute Gasteiger partial charge is 0.0720 e. The van der Waals surface area contributed by atoms with Crippen LogP contribution in [0.3, 0.4) is 0 Å². The van der Waals surface area contributed by atoms with Crippen molar-refractivity contribution in [3.05, 3.63) is 201 Å². The highest BCUT2D eigenvalue weighted by Gasteiger charge is 2.59. The zero-order valence-corrected chi connectivity index (χ0v) is 30.3. The number of fused-ring (bicyclic) bond motifs is 20. The Hall–Kier alpha value is -4.95. The Morgan fingerprint density at radius 1 is 0.400 bits per heavy atom. The number of hydrogen-bond donors (Lipinski definition) is 0. The van der Waals surface area contributed by atoms with E-state index in [4.69, 9.17) is 11.6 Å². The minimum Gasteiger partial charge on any atom is -0.135 e. The van der Waals surface area contributed by atoms with Gasteiger partial charge in [0.25, 0.3) is 0 Å². The summed E-state index contributed by atoms with van der Waals surface area (Å²) in [5.41, 5.74) is 15.1. The quantitative estimate of drug-likeness (QED) is 0.149. The molecule has 0 bridgehead atoms. The Balaban J connectivity index is 0.000000814. The third-order valence-electron chi connectivity index (χ3n) is 11.0. The highest BCUT2D eigenvalue weighted by molar-refractivity contribution is 7.26. The van der Waals surface area contributed by atoms with Crippen molar-refractivity contribution in [3.8, 4) is 22.3 Å². The lowest BCUT2D eigenvalue weighted by molar-refractivity contribution is 0.633. The van der Waals surface area contributed by atoms with Gasteiger partial charge >= 0.3 is 0 Å². The molecule has 0 nitrogen and oxygen atoms in total. The van der Waals surface area contributed by atoms with Crippen LogP contribution >= 0.6 is 22.9 Å². The molecule has 3 aliphatic carbocycles. The second kappa shape index (κ2) is 11.6. The molecular formula is C48H37ClS. The molecule has 0 saturated heterocycles. The summed E-state index contributed by atoms with van der Waals surface area (Å²) in [7, 11) is 0. The molecule has 0 saturated carbocycles. The molecule has 3 aliphatic rings. The number of benzene rings is 7. The lowest BCUT2D eigenvalue weighted by atomic mass is 9.52. The van der Waals surface area contributed by atoms with Crippen LogP contribution < -0.4 is 0 Å². The van der Waals surface area contributed by atoms with E-state index < -0.39 is 10.8 Å². The first-order valence-corrected chi connectivity index (χ1v) is 19.1. The van der Waals surface area contributed by atoms with Gasteiger partial charge in [-0.15, -0.1) is 11.3 Å². The molecule has 1 heterocycles. The molecular weight excluding hydrogens is 644 g/mol. The maximum atomic E-state index is 6.86. The van der Waals surface area contributed by atoms with Crippen molar-refractivity contribution in [2.75, 3.05) is 0 Å². The van der Waals surface area contributed by atoms with E-state index in [-0.39, 0.29) is 0 Å². The molecule has 7 aromatic carbocycles. The van der Waals surface area contributed by atoms with Crippen molar-refractivity contribution in [1.29, 1.82) is 0 Å². The van der Waals surface area contributed by atoms with E-state index >= 15 is 0 Å². The zero-order valence-electron chi connectivity index (χ0n) is 28.7. The van der Waals surface area contributed by atoms with Gasteiger partial charge in [0.2, 0.25) is 0 Å². The minimum absolute atomic E-state index is 0.428. The molecule has 0 atom stereocenters. The first kappa shape index (κ1) is 31.1. The molecule has 0 unspecified atom stereocenters. The van der Waals surface area contributed by atoms with E-state index in [1.54, 1.807) is 0 Å². The fourth-order valence-corrected chi connectivity index (χ4v) is 11.0. The first-order valence-electron chi connectivity index (χ1n) is 17.9. The van der Waals surface area contributed by atoms with E-state index in [0.717, 1.165) is 5.02 Å². The van der Waals surface area contributed by atoms with Crippen molar-refractivity contribution < 1.29 is 0 Å². The van der Waals surface area contributed by atoms with Crippen molar-refractivity contribution in [2.24, 2.45) is 0 Å². The van der Waals surface area contributed by atoms with Gasteiger partial charge in [-0.2, -0.15) is 0 Å².